The molecule has 222 valence electrons. The standard InChI is InChI=1S/C28H32F6N6O/c1-17-9-18(2)25-23(10-17)24(5-4-7-39(25)14-19-6-8-41-16-19)40(26-35-37-38(3)36-26)15-20-11-21(27(29,30)31)13-22(12-20)28(32,33)34/h9-13,19,24H,4-8,14-16H2,1-3H3. The normalized spacial score (nSPS) is 19.8. The Morgan fingerprint density at radius 3 is 2.27 bits per heavy atom. The SMILES string of the molecule is Cc1cc(C)c2c(c1)C(N(Cc1cc(C(F)(F)F)cc(C(F)(F)F)c1)c1nnn(C)n1)CCCN2CC1CCOC1. The van der Waals surface area contributed by atoms with Gasteiger partial charge in [-0.3, -0.25) is 0 Å². The molecule has 0 saturated carbocycles. The lowest BCUT2D eigenvalue weighted by atomic mass is 9.94. The molecular weight excluding hydrogens is 550 g/mol. The second-order valence-electron chi connectivity index (χ2n) is 11.0. The molecule has 0 amide bonds. The summed E-state index contributed by atoms with van der Waals surface area (Å²) in [4.78, 5) is 5.25. The zero-order valence-electron chi connectivity index (χ0n) is 23.1. The fourth-order valence-corrected chi connectivity index (χ4v) is 5.98. The number of rotatable bonds is 6. The summed E-state index contributed by atoms with van der Waals surface area (Å²) in [6.45, 7) is 6.70. The summed E-state index contributed by atoms with van der Waals surface area (Å²) in [6.07, 6.45) is -7.58. The largest absolute Gasteiger partial charge is 0.416 e. The first kappa shape index (κ1) is 29.2. The summed E-state index contributed by atoms with van der Waals surface area (Å²) >= 11 is 0. The monoisotopic (exact) mass is 582 g/mol. The van der Waals surface area contributed by atoms with Gasteiger partial charge in [0.15, 0.2) is 0 Å². The van der Waals surface area contributed by atoms with E-state index in [4.69, 9.17) is 4.74 Å². The van der Waals surface area contributed by atoms with E-state index in [2.05, 4.69) is 26.4 Å². The van der Waals surface area contributed by atoms with Crippen LogP contribution in [0.15, 0.2) is 30.3 Å². The molecule has 0 aliphatic carbocycles. The Morgan fingerprint density at radius 2 is 1.68 bits per heavy atom. The van der Waals surface area contributed by atoms with Crippen LogP contribution in [0.3, 0.4) is 0 Å². The number of nitrogens with zero attached hydrogens (tertiary/aromatic N) is 6. The van der Waals surface area contributed by atoms with Crippen LogP contribution >= 0.6 is 0 Å². The molecule has 41 heavy (non-hydrogen) atoms. The first-order chi connectivity index (χ1) is 19.3. The zero-order chi connectivity index (χ0) is 29.5. The van der Waals surface area contributed by atoms with Gasteiger partial charge >= 0.3 is 12.4 Å². The fraction of sp³-hybridized carbons (Fsp3) is 0.536. The molecule has 2 aliphatic rings. The summed E-state index contributed by atoms with van der Waals surface area (Å²) in [5.41, 5.74) is 1.17. The summed E-state index contributed by atoms with van der Waals surface area (Å²) in [6, 6.07) is 5.40. The van der Waals surface area contributed by atoms with Gasteiger partial charge in [-0.25, -0.2) is 0 Å². The zero-order valence-corrected chi connectivity index (χ0v) is 23.1. The van der Waals surface area contributed by atoms with Gasteiger partial charge in [0, 0.05) is 37.8 Å². The third kappa shape index (κ3) is 6.44. The lowest BCUT2D eigenvalue weighted by Gasteiger charge is -2.34. The van der Waals surface area contributed by atoms with Crippen LogP contribution in [0, 0.1) is 19.8 Å². The highest BCUT2D eigenvalue weighted by molar-refractivity contribution is 5.64. The number of aryl methyl sites for hydroxylation is 3. The van der Waals surface area contributed by atoms with E-state index in [1.807, 2.05) is 19.9 Å². The van der Waals surface area contributed by atoms with Crippen molar-refractivity contribution in [1.29, 1.82) is 0 Å². The van der Waals surface area contributed by atoms with Crippen molar-refractivity contribution >= 4 is 11.6 Å². The number of halogens is 6. The molecule has 2 unspecified atom stereocenters. The molecule has 2 atom stereocenters. The van der Waals surface area contributed by atoms with Gasteiger partial charge in [-0.05, 0) is 73.2 Å². The van der Waals surface area contributed by atoms with Gasteiger partial charge in [-0.2, -0.15) is 31.1 Å². The van der Waals surface area contributed by atoms with Crippen LogP contribution in [-0.4, -0.2) is 46.5 Å². The molecule has 7 nitrogen and oxygen atoms in total. The summed E-state index contributed by atoms with van der Waals surface area (Å²) in [5, 5.41) is 12.4. The maximum atomic E-state index is 13.7. The maximum Gasteiger partial charge on any atom is 0.416 e. The highest BCUT2D eigenvalue weighted by Gasteiger charge is 2.38. The van der Waals surface area contributed by atoms with E-state index in [0.29, 0.717) is 18.9 Å². The third-order valence-electron chi connectivity index (χ3n) is 7.69. The number of benzene rings is 2. The second-order valence-corrected chi connectivity index (χ2v) is 11.0. The highest BCUT2D eigenvalue weighted by Crippen LogP contribution is 2.43. The minimum Gasteiger partial charge on any atom is -0.381 e. The minimum absolute atomic E-state index is 0.131. The number of anilines is 2. The number of tetrazole rings is 1. The predicted octanol–water partition coefficient (Wildman–Crippen LogP) is 6.25. The molecule has 1 aromatic heterocycles. The van der Waals surface area contributed by atoms with Gasteiger partial charge < -0.3 is 14.5 Å². The smallest absolute Gasteiger partial charge is 0.381 e. The van der Waals surface area contributed by atoms with Crippen LogP contribution in [0.4, 0.5) is 38.0 Å². The Bertz CT molecular complexity index is 1350. The van der Waals surface area contributed by atoms with Crippen molar-refractivity contribution < 1.29 is 31.1 Å². The predicted molar refractivity (Wildman–Crippen MR) is 140 cm³/mol. The number of ether oxygens (including phenoxy) is 1. The number of alkyl halides is 6. The molecule has 5 rings (SSSR count). The molecule has 1 saturated heterocycles. The average molecular weight is 583 g/mol. The number of hydrogen-bond acceptors (Lipinski definition) is 6. The quantitative estimate of drug-likeness (QED) is 0.321. The molecule has 2 aromatic carbocycles. The van der Waals surface area contributed by atoms with Gasteiger partial charge in [-0.15, -0.1) is 5.10 Å². The van der Waals surface area contributed by atoms with Crippen molar-refractivity contribution in [3.05, 3.63) is 63.7 Å². The van der Waals surface area contributed by atoms with Gasteiger partial charge in [0.2, 0.25) is 0 Å². The van der Waals surface area contributed by atoms with Crippen molar-refractivity contribution in [2.45, 2.75) is 58.0 Å². The molecule has 1 fully saturated rings. The Kier molecular flexibility index (Phi) is 7.92. The molecule has 0 N–H and O–H groups in total. The second kappa shape index (κ2) is 11.1. The molecule has 3 aromatic rings. The van der Waals surface area contributed by atoms with Crippen molar-refractivity contribution in [3.8, 4) is 0 Å². The van der Waals surface area contributed by atoms with Crippen molar-refractivity contribution in [2.75, 3.05) is 36.1 Å². The molecular formula is C28H32F6N6O. The Labute approximate surface area is 234 Å². The first-order valence-electron chi connectivity index (χ1n) is 13.5. The summed E-state index contributed by atoms with van der Waals surface area (Å²) in [5.74, 6) is 0.509. The van der Waals surface area contributed by atoms with Gasteiger partial charge in [0.1, 0.15) is 0 Å². The van der Waals surface area contributed by atoms with Crippen LogP contribution in [0.5, 0.6) is 0 Å². The van der Waals surface area contributed by atoms with Crippen LogP contribution in [0.2, 0.25) is 0 Å². The van der Waals surface area contributed by atoms with Gasteiger partial charge in [-0.1, -0.05) is 22.8 Å². The summed E-state index contributed by atoms with van der Waals surface area (Å²) in [7, 11) is 1.56. The van der Waals surface area contributed by atoms with Crippen LogP contribution in [0.25, 0.3) is 0 Å². The van der Waals surface area contributed by atoms with E-state index in [1.165, 1.54) is 4.80 Å². The maximum absolute atomic E-state index is 13.7. The summed E-state index contributed by atoms with van der Waals surface area (Å²) < 4.78 is 87.6. The Balaban J connectivity index is 1.61. The van der Waals surface area contributed by atoms with Crippen molar-refractivity contribution in [3.63, 3.8) is 0 Å². The van der Waals surface area contributed by atoms with Gasteiger partial charge in [0.25, 0.3) is 5.95 Å². The fourth-order valence-electron chi connectivity index (χ4n) is 5.98. The number of fused-ring (bicyclic) bond motifs is 1. The number of hydrogen-bond donors (Lipinski definition) is 0. The molecule has 0 radical (unpaired) electrons. The molecule has 3 heterocycles. The van der Waals surface area contributed by atoms with E-state index in [1.54, 1.807) is 11.9 Å². The Hall–Kier alpha value is -3.35. The lowest BCUT2D eigenvalue weighted by molar-refractivity contribution is -0.143. The van der Waals surface area contributed by atoms with Crippen LogP contribution in [-0.2, 0) is 30.7 Å². The first-order valence-corrected chi connectivity index (χ1v) is 13.5. The van der Waals surface area contributed by atoms with Crippen LogP contribution < -0.4 is 9.80 Å². The third-order valence-corrected chi connectivity index (χ3v) is 7.69. The highest BCUT2D eigenvalue weighted by atomic mass is 19.4. The minimum atomic E-state index is -4.95. The van der Waals surface area contributed by atoms with E-state index in [9.17, 15) is 26.3 Å². The van der Waals surface area contributed by atoms with E-state index >= 15 is 0 Å². The van der Waals surface area contributed by atoms with Gasteiger partial charge in [0.05, 0.1) is 30.8 Å². The number of aromatic nitrogens is 4. The molecule has 0 bridgehead atoms. The van der Waals surface area contributed by atoms with E-state index in [0.717, 1.165) is 67.0 Å². The van der Waals surface area contributed by atoms with E-state index < -0.39 is 29.5 Å². The Morgan fingerprint density at radius 1 is 0.976 bits per heavy atom. The topological polar surface area (TPSA) is 59.3 Å². The lowest BCUT2D eigenvalue weighted by Crippen LogP contribution is -2.32. The molecule has 2 aliphatic heterocycles. The van der Waals surface area contributed by atoms with Crippen LogP contribution in [0.1, 0.15) is 58.7 Å². The average Bonchev–Trinajstić information content (AvgIpc) is 3.51. The molecule has 0 spiro atoms. The van der Waals surface area contributed by atoms with Crippen molar-refractivity contribution in [2.24, 2.45) is 13.0 Å². The van der Waals surface area contributed by atoms with E-state index in [-0.39, 0.29) is 24.1 Å². The van der Waals surface area contributed by atoms with Crippen molar-refractivity contribution in [1.82, 2.24) is 20.2 Å². The molecule has 13 heteroatoms.